The van der Waals surface area contributed by atoms with Crippen LogP contribution in [0.25, 0.3) is 10.9 Å². The van der Waals surface area contributed by atoms with Gasteiger partial charge in [0.1, 0.15) is 6.04 Å². The number of carboxylic acid groups (broad SMARTS) is 1. The Hall–Kier alpha value is -2.40. The number of aromatic amines is 1. The van der Waals surface area contributed by atoms with Crippen molar-refractivity contribution in [2.75, 3.05) is 6.61 Å². The van der Waals surface area contributed by atoms with Gasteiger partial charge in [0.25, 0.3) is 7.52 Å². The van der Waals surface area contributed by atoms with Crippen LogP contribution in [-0.2, 0) is 20.3 Å². The predicted octanol–water partition coefficient (Wildman–Crippen LogP) is 3.31. The molecule has 0 aliphatic heterocycles. The average molecular weight is 372 g/mol. The van der Waals surface area contributed by atoms with Gasteiger partial charge in [0.05, 0.1) is 11.9 Å². The number of carboxylic acids is 1. The molecular weight excluding hydrogens is 351 g/mol. The molecule has 0 fully saturated rings. The lowest BCUT2D eigenvalue weighted by atomic mass is 10.1. The molecule has 2 atom stereocenters. The molecule has 1 heterocycles. The fraction of sp³-hybridized carbons (Fsp3) is 0.211. The van der Waals surface area contributed by atoms with Crippen molar-refractivity contribution in [1.29, 1.82) is 0 Å². The molecule has 0 aliphatic carbocycles. The monoisotopic (exact) mass is 372 g/mol. The van der Waals surface area contributed by atoms with E-state index in [9.17, 15) is 14.5 Å². The van der Waals surface area contributed by atoms with E-state index in [1.807, 2.05) is 24.3 Å². The van der Waals surface area contributed by atoms with Gasteiger partial charge in [-0.2, -0.15) is 0 Å². The Kier molecular flexibility index (Phi) is 5.57. The van der Waals surface area contributed by atoms with Crippen molar-refractivity contribution in [1.82, 2.24) is 10.1 Å². The van der Waals surface area contributed by atoms with Crippen molar-refractivity contribution in [2.45, 2.75) is 19.4 Å². The molecule has 136 valence electrons. The maximum absolute atomic E-state index is 13.3. The molecule has 1 unspecified atom stereocenters. The molecule has 3 rings (SSSR count). The quantitative estimate of drug-likeness (QED) is 0.528. The Bertz CT molecular complexity index is 939. The molecule has 0 radical (unpaired) electrons. The van der Waals surface area contributed by atoms with E-state index in [1.165, 1.54) is 0 Å². The number of aromatic nitrogens is 1. The Balaban J connectivity index is 1.90. The van der Waals surface area contributed by atoms with Crippen LogP contribution < -0.4 is 10.4 Å². The number of H-pyrrole nitrogens is 1. The summed E-state index contributed by atoms with van der Waals surface area (Å²) in [6.45, 7) is 1.94. The van der Waals surface area contributed by atoms with Crippen LogP contribution in [0.5, 0.6) is 0 Å². The second-order valence-electron chi connectivity index (χ2n) is 5.89. The molecule has 6 nitrogen and oxygen atoms in total. The van der Waals surface area contributed by atoms with E-state index in [1.54, 1.807) is 43.5 Å². The number of benzene rings is 2. The van der Waals surface area contributed by atoms with Crippen molar-refractivity contribution in [3.05, 3.63) is 66.4 Å². The topological polar surface area (TPSA) is 91.4 Å². The summed E-state index contributed by atoms with van der Waals surface area (Å²) in [6.07, 6.45) is 1.97. The molecule has 7 heteroatoms. The summed E-state index contributed by atoms with van der Waals surface area (Å²) < 4.78 is 18.8. The largest absolute Gasteiger partial charge is 0.480 e. The molecule has 26 heavy (non-hydrogen) atoms. The van der Waals surface area contributed by atoms with Crippen molar-refractivity contribution in [3.63, 3.8) is 0 Å². The van der Waals surface area contributed by atoms with Gasteiger partial charge in [-0.05, 0) is 30.7 Å². The third-order valence-corrected chi connectivity index (χ3v) is 6.38. The van der Waals surface area contributed by atoms with E-state index in [0.29, 0.717) is 5.30 Å². The normalized spacial score (nSPS) is 14.8. The van der Waals surface area contributed by atoms with Crippen LogP contribution >= 0.6 is 7.52 Å². The average Bonchev–Trinajstić information content (AvgIpc) is 3.05. The fourth-order valence-corrected chi connectivity index (χ4v) is 4.82. The first-order valence-electron chi connectivity index (χ1n) is 8.39. The molecule has 0 spiro atoms. The summed E-state index contributed by atoms with van der Waals surface area (Å²) in [5.74, 6) is -1.08. The minimum absolute atomic E-state index is 0.184. The summed E-state index contributed by atoms with van der Waals surface area (Å²) in [4.78, 5) is 15.0. The van der Waals surface area contributed by atoms with E-state index in [0.717, 1.165) is 16.5 Å². The third-order valence-electron chi connectivity index (χ3n) is 4.13. The Morgan fingerprint density at radius 2 is 1.88 bits per heavy atom. The van der Waals surface area contributed by atoms with Crippen LogP contribution in [0.4, 0.5) is 0 Å². The number of hydrogen-bond acceptors (Lipinski definition) is 3. The van der Waals surface area contributed by atoms with Crippen molar-refractivity contribution < 1.29 is 19.0 Å². The summed E-state index contributed by atoms with van der Waals surface area (Å²) in [5.41, 5.74) is 1.78. The van der Waals surface area contributed by atoms with Gasteiger partial charge in [-0.25, -0.2) is 5.09 Å². The zero-order valence-electron chi connectivity index (χ0n) is 14.4. The predicted molar refractivity (Wildman–Crippen MR) is 102 cm³/mol. The van der Waals surface area contributed by atoms with E-state index in [4.69, 9.17) is 4.52 Å². The number of para-hydroxylation sites is 1. The van der Waals surface area contributed by atoms with Gasteiger partial charge in [-0.1, -0.05) is 36.4 Å². The number of nitrogens with one attached hydrogen (secondary N) is 2. The third kappa shape index (κ3) is 3.88. The lowest BCUT2D eigenvalue weighted by molar-refractivity contribution is -0.139. The van der Waals surface area contributed by atoms with Crippen LogP contribution in [0.1, 0.15) is 12.5 Å². The van der Waals surface area contributed by atoms with Gasteiger partial charge in [0.2, 0.25) is 0 Å². The molecule has 0 saturated carbocycles. The number of aliphatic carboxylic acids is 1. The highest BCUT2D eigenvalue weighted by Gasteiger charge is 2.32. The SMILES string of the molecule is CCOP(=O)(N[C@@H](Cc1c[nH]c2ccccc12)C(=O)O)c1ccccc1. The highest BCUT2D eigenvalue weighted by molar-refractivity contribution is 7.65. The van der Waals surface area contributed by atoms with Gasteiger partial charge in [-0.15, -0.1) is 0 Å². The van der Waals surface area contributed by atoms with Crippen LogP contribution in [0.3, 0.4) is 0 Å². The lowest BCUT2D eigenvalue weighted by Crippen LogP contribution is -2.39. The molecule has 1 aromatic heterocycles. The highest BCUT2D eigenvalue weighted by Crippen LogP contribution is 2.42. The summed E-state index contributed by atoms with van der Waals surface area (Å²) in [5, 5.41) is 13.8. The first-order valence-corrected chi connectivity index (χ1v) is 10.0. The van der Waals surface area contributed by atoms with E-state index in [2.05, 4.69) is 10.1 Å². The van der Waals surface area contributed by atoms with Crippen LogP contribution in [0, 0.1) is 0 Å². The first kappa shape index (κ1) is 18.4. The molecule has 0 aliphatic rings. The minimum atomic E-state index is -3.50. The number of fused-ring (bicyclic) bond motifs is 1. The van der Waals surface area contributed by atoms with E-state index >= 15 is 0 Å². The zero-order valence-corrected chi connectivity index (χ0v) is 15.3. The smallest absolute Gasteiger partial charge is 0.321 e. The standard InChI is InChI=1S/C19H21N2O4P/c1-2-25-26(24,15-8-4-3-5-9-15)21-18(19(22)23)12-14-13-20-17-11-7-6-10-16(14)17/h3-11,13,18,20H,2,12H2,1H3,(H,21,24)(H,22,23)/t18-,26?/m0/s1. The molecule has 0 saturated heterocycles. The van der Waals surface area contributed by atoms with Gasteiger partial charge in [0, 0.05) is 23.5 Å². The number of rotatable bonds is 8. The number of carbonyl (C=O) groups is 1. The number of hydrogen-bond donors (Lipinski definition) is 3. The molecule has 3 N–H and O–H groups in total. The van der Waals surface area contributed by atoms with E-state index in [-0.39, 0.29) is 13.0 Å². The fourth-order valence-electron chi connectivity index (χ4n) is 2.91. The highest BCUT2D eigenvalue weighted by atomic mass is 31.2. The summed E-state index contributed by atoms with van der Waals surface area (Å²) in [6, 6.07) is 15.3. The first-order chi connectivity index (χ1) is 12.5. The van der Waals surface area contributed by atoms with Gasteiger partial charge >= 0.3 is 5.97 Å². The van der Waals surface area contributed by atoms with Crippen molar-refractivity contribution in [2.24, 2.45) is 0 Å². The maximum Gasteiger partial charge on any atom is 0.321 e. The van der Waals surface area contributed by atoms with Gasteiger partial charge < -0.3 is 14.6 Å². The summed E-state index contributed by atoms with van der Waals surface area (Å²) >= 11 is 0. The van der Waals surface area contributed by atoms with Gasteiger partial charge in [-0.3, -0.25) is 9.36 Å². The lowest BCUT2D eigenvalue weighted by Gasteiger charge is -2.23. The van der Waals surface area contributed by atoms with Crippen LogP contribution in [0.2, 0.25) is 0 Å². The maximum atomic E-state index is 13.3. The van der Waals surface area contributed by atoms with Crippen LogP contribution in [0.15, 0.2) is 60.8 Å². The zero-order chi connectivity index (χ0) is 18.6. The van der Waals surface area contributed by atoms with E-state index < -0.39 is 19.5 Å². The molecule has 3 aromatic rings. The molecule has 0 bridgehead atoms. The second-order valence-corrected chi connectivity index (χ2v) is 8.02. The van der Waals surface area contributed by atoms with Crippen molar-refractivity contribution >= 4 is 29.7 Å². The Morgan fingerprint density at radius 3 is 2.58 bits per heavy atom. The Labute approximate surface area is 151 Å². The summed E-state index contributed by atoms with van der Waals surface area (Å²) in [7, 11) is -3.50. The molecule has 2 aromatic carbocycles. The minimum Gasteiger partial charge on any atom is -0.480 e. The molecule has 0 amide bonds. The van der Waals surface area contributed by atoms with Crippen LogP contribution in [-0.4, -0.2) is 28.7 Å². The Morgan fingerprint density at radius 1 is 1.19 bits per heavy atom. The molecular formula is C19H21N2O4P. The van der Waals surface area contributed by atoms with Crippen molar-refractivity contribution in [3.8, 4) is 0 Å². The van der Waals surface area contributed by atoms with Gasteiger partial charge in [0.15, 0.2) is 0 Å². The second kappa shape index (κ2) is 7.87.